The summed E-state index contributed by atoms with van der Waals surface area (Å²) in [7, 11) is 0. The zero-order valence-corrected chi connectivity index (χ0v) is 17.6. The molecule has 5 rings (SSSR count). The lowest BCUT2D eigenvalue weighted by molar-refractivity contribution is -0.136. The van der Waals surface area contributed by atoms with Crippen molar-refractivity contribution in [3.8, 4) is 0 Å². The molecule has 3 heterocycles. The molecule has 2 N–H and O–H groups in total. The Labute approximate surface area is 181 Å². The van der Waals surface area contributed by atoms with Gasteiger partial charge in [0.15, 0.2) is 0 Å². The molecule has 3 fully saturated rings. The van der Waals surface area contributed by atoms with E-state index in [4.69, 9.17) is 0 Å². The SMILES string of the molecule is O=C1CCC(N2C(=O)c3ccc(CN4CCNCC5CCCCC54)cc3C2=O)C(=O)N1. The van der Waals surface area contributed by atoms with Crippen LogP contribution in [0.4, 0.5) is 0 Å². The number of benzene rings is 1. The molecule has 0 spiro atoms. The van der Waals surface area contributed by atoms with Crippen LogP contribution in [-0.4, -0.2) is 65.1 Å². The Bertz CT molecular complexity index is 946. The van der Waals surface area contributed by atoms with Gasteiger partial charge < -0.3 is 5.32 Å². The largest absolute Gasteiger partial charge is 0.315 e. The molecule has 4 amide bonds. The summed E-state index contributed by atoms with van der Waals surface area (Å²) < 4.78 is 0. The molecule has 1 saturated carbocycles. The maximum Gasteiger partial charge on any atom is 0.262 e. The average Bonchev–Trinajstić information content (AvgIpc) is 2.90. The fourth-order valence-corrected chi connectivity index (χ4v) is 5.63. The minimum atomic E-state index is -0.923. The molecule has 1 aromatic rings. The molecule has 1 aliphatic carbocycles. The Morgan fingerprint density at radius 1 is 0.968 bits per heavy atom. The van der Waals surface area contributed by atoms with Gasteiger partial charge in [-0.2, -0.15) is 0 Å². The summed E-state index contributed by atoms with van der Waals surface area (Å²) in [6.45, 7) is 3.74. The third-order valence-corrected chi connectivity index (χ3v) is 7.21. The lowest BCUT2D eigenvalue weighted by Crippen LogP contribution is -2.54. The predicted molar refractivity (Wildman–Crippen MR) is 112 cm³/mol. The normalized spacial score (nSPS) is 29.4. The van der Waals surface area contributed by atoms with E-state index in [-0.39, 0.29) is 18.7 Å². The van der Waals surface area contributed by atoms with E-state index in [0.29, 0.717) is 23.1 Å². The number of fused-ring (bicyclic) bond motifs is 2. The van der Waals surface area contributed by atoms with Crippen LogP contribution in [0.3, 0.4) is 0 Å². The van der Waals surface area contributed by atoms with Crippen LogP contribution in [0.5, 0.6) is 0 Å². The third kappa shape index (κ3) is 3.68. The summed E-state index contributed by atoms with van der Waals surface area (Å²) in [6, 6.07) is 5.08. The molecule has 164 valence electrons. The van der Waals surface area contributed by atoms with Gasteiger partial charge in [0.1, 0.15) is 6.04 Å². The average molecular weight is 425 g/mol. The van der Waals surface area contributed by atoms with Crippen molar-refractivity contribution in [2.45, 2.75) is 57.2 Å². The first kappa shape index (κ1) is 20.3. The van der Waals surface area contributed by atoms with Gasteiger partial charge in [0, 0.05) is 32.1 Å². The minimum Gasteiger partial charge on any atom is -0.315 e. The third-order valence-electron chi connectivity index (χ3n) is 7.21. The summed E-state index contributed by atoms with van der Waals surface area (Å²) in [5.41, 5.74) is 1.71. The highest BCUT2D eigenvalue weighted by Gasteiger charge is 2.44. The number of nitrogens with zero attached hydrogens (tertiary/aromatic N) is 2. The number of carbonyl (C=O) groups excluding carboxylic acids is 4. The molecule has 4 aliphatic rings. The highest BCUT2D eigenvalue weighted by Crippen LogP contribution is 2.32. The van der Waals surface area contributed by atoms with E-state index in [1.54, 1.807) is 6.07 Å². The highest BCUT2D eigenvalue weighted by atomic mass is 16.2. The molecule has 8 nitrogen and oxygen atoms in total. The number of hydrogen-bond donors (Lipinski definition) is 2. The number of amides is 4. The van der Waals surface area contributed by atoms with Gasteiger partial charge in [-0.25, -0.2) is 0 Å². The molecule has 0 radical (unpaired) electrons. The van der Waals surface area contributed by atoms with Crippen molar-refractivity contribution in [2.75, 3.05) is 19.6 Å². The van der Waals surface area contributed by atoms with Crippen molar-refractivity contribution < 1.29 is 19.2 Å². The summed E-state index contributed by atoms with van der Waals surface area (Å²) in [6.07, 6.45) is 5.32. The monoisotopic (exact) mass is 424 g/mol. The van der Waals surface area contributed by atoms with E-state index in [0.717, 1.165) is 36.6 Å². The van der Waals surface area contributed by atoms with Gasteiger partial charge in [-0.05, 0) is 49.4 Å². The van der Waals surface area contributed by atoms with Crippen molar-refractivity contribution >= 4 is 23.6 Å². The van der Waals surface area contributed by atoms with Gasteiger partial charge in [0.05, 0.1) is 11.1 Å². The van der Waals surface area contributed by atoms with Crippen molar-refractivity contribution in [2.24, 2.45) is 5.92 Å². The quantitative estimate of drug-likeness (QED) is 0.704. The molecule has 8 heteroatoms. The van der Waals surface area contributed by atoms with Crippen LogP contribution < -0.4 is 10.6 Å². The van der Waals surface area contributed by atoms with Gasteiger partial charge >= 0.3 is 0 Å². The number of piperidine rings is 1. The zero-order valence-electron chi connectivity index (χ0n) is 17.6. The number of carbonyl (C=O) groups is 4. The number of nitrogens with one attached hydrogen (secondary N) is 2. The van der Waals surface area contributed by atoms with Crippen molar-refractivity contribution in [3.63, 3.8) is 0 Å². The van der Waals surface area contributed by atoms with Crippen LogP contribution in [0.15, 0.2) is 18.2 Å². The smallest absolute Gasteiger partial charge is 0.262 e. The Morgan fingerprint density at radius 2 is 1.77 bits per heavy atom. The molecule has 3 atom stereocenters. The Balaban J connectivity index is 1.36. The number of hydrogen-bond acceptors (Lipinski definition) is 6. The molecule has 2 saturated heterocycles. The lowest BCUT2D eigenvalue weighted by Gasteiger charge is -2.38. The van der Waals surface area contributed by atoms with Crippen LogP contribution in [0.1, 0.15) is 64.8 Å². The topological polar surface area (TPSA) is 98.8 Å². The molecule has 31 heavy (non-hydrogen) atoms. The standard InChI is InChI=1S/C23H28N4O4/c28-20-8-7-19(21(29)25-20)27-22(30)16-6-5-14(11-17(16)23(27)31)13-26-10-9-24-12-15-3-1-2-4-18(15)26/h5-6,11,15,18-19,24H,1-4,7-10,12-13H2,(H,25,28,29). The van der Waals surface area contributed by atoms with E-state index >= 15 is 0 Å². The van der Waals surface area contributed by atoms with Gasteiger partial charge in [0.25, 0.3) is 11.8 Å². The van der Waals surface area contributed by atoms with Crippen LogP contribution in [-0.2, 0) is 16.1 Å². The second-order valence-corrected chi connectivity index (χ2v) is 9.11. The Kier molecular flexibility index (Phi) is 5.35. The minimum absolute atomic E-state index is 0.126. The van der Waals surface area contributed by atoms with Crippen LogP contribution in [0.25, 0.3) is 0 Å². The summed E-state index contributed by atoms with van der Waals surface area (Å²) in [5.74, 6) is -1.17. The molecule has 3 aliphatic heterocycles. The lowest BCUT2D eigenvalue weighted by atomic mass is 9.83. The molecular formula is C23H28N4O4. The number of rotatable bonds is 3. The maximum absolute atomic E-state index is 13.1. The molecular weight excluding hydrogens is 396 g/mol. The van der Waals surface area contributed by atoms with Crippen molar-refractivity contribution in [3.05, 3.63) is 34.9 Å². The van der Waals surface area contributed by atoms with Gasteiger partial charge in [0.2, 0.25) is 11.8 Å². The molecule has 1 aromatic carbocycles. The van der Waals surface area contributed by atoms with Crippen LogP contribution >= 0.6 is 0 Å². The predicted octanol–water partition coefficient (Wildman–Crippen LogP) is 1.05. The maximum atomic E-state index is 13.1. The van der Waals surface area contributed by atoms with Crippen molar-refractivity contribution in [1.82, 2.24) is 20.4 Å². The van der Waals surface area contributed by atoms with Gasteiger partial charge in [-0.3, -0.25) is 34.3 Å². The first-order chi connectivity index (χ1) is 15.0. The van der Waals surface area contributed by atoms with E-state index in [1.165, 1.54) is 25.7 Å². The molecule has 3 unspecified atom stereocenters. The fraction of sp³-hybridized carbons (Fsp3) is 0.565. The van der Waals surface area contributed by atoms with Crippen LogP contribution in [0.2, 0.25) is 0 Å². The second kappa shape index (κ2) is 8.16. The van der Waals surface area contributed by atoms with E-state index in [9.17, 15) is 19.2 Å². The molecule has 0 aromatic heterocycles. The first-order valence-electron chi connectivity index (χ1n) is 11.3. The second-order valence-electron chi connectivity index (χ2n) is 9.11. The first-order valence-corrected chi connectivity index (χ1v) is 11.3. The van der Waals surface area contributed by atoms with E-state index in [1.807, 2.05) is 12.1 Å². The molecule has 0 bridgehead atoms. The summed E-state index contributed by atoms with van der Waals surface area (Å²) in [4.78, 5) is 53.2. The highest BCUT2D eigenvalue weighted by molar-refractivity contribution is 6.23. The van der Waals surface area contributed by atoms with Gasteiger partial charge in [-0.1, -0.05) is 18.9 Å². The van der Waals surface area contributed by atoms with E-state index in [2.05, 4.69) is 15.5 Å². The summed E-state index contributed by atoms with van der Waals surface area (Å²) in [5, 5.41) is 5.79. The Hall–Kier alpha value is -2.58. The van der Waals surface area contributed by atoms with Gasteiger partial charge in [-0.15, -0.1) is 0 Å². The Morgan fingerprint density at radius 3 is 2.61 bits per heavy atom. The van der Waals surface area contributed by atoms with E-state index < -0.39 is 23.8 Å². The number of imide groups is 2. The fourth-order valence-electron chi connectivity index (χ4n) is 5.63. The van der Waals surface area contributed by atoms with Crippen LogP contribution in [0, 0.1) is 5.92 Å². The van der Waals surface area contributed by atoms with Crippen molar-refractivity contribution in [1.29, 1.82) is 0 Å². The summed E-state index contributed by atoms with van der Waals surface area (Å²) >= 11 is 0. The zero-order chi connectivity index (χ0) is 21.5.